The Balaban J connectivity index is 1.74. The van der Waals surface area contributed by atoms with Crippen LogP contribution in [0.5, 0.6) is 0 Å². The standard InChI is InChI=1S/C27H29N3O2/c1-27(2,3)32-26(31)30-24(22-17-11-6-12-18-22)23(21-15-9-5-10-16-21)29-25(30)28-19-20-13-7-4-8-14-20/h4-18,23-24H,19H2,1-3H3,(H,28,29). The van der Waals surface area contributed by atoms with E-state index in [1.165, 1.54) is 0 Å². The maximum absolute atomic E-state index is 13.4. The van der Waals surface area contributed by atoms with Crippen molar-refractivity contribution in [3.05, 3.63) is 108 Å². The first-order valence-corrected chi connectivity index (χ1v) is 10.9. The molecule has 0 bridgehead atoms. The van der Waals surface area contributed by atoms with E-state index in [0.29, 0.717) is 12.5 Å². The Morgan fingerprint density at radius 1 is 0.875 bits per heavy atom. The average molecular weight is 428 g/mol. The van der Waals surface area contributed by atoms with Crippen molar-refractivity contribution in [2.24, 2.45) is 4.99 Å². The molecule has 164 valence electrons. The third kappa shape index (κ3) is 4.99. The number of rotatable bonds is 4. The van der Waals surface area contributed by atoms with Crippen LogP contribution in [0.1, 0.15) is 49.5 Å². The molecule has 0 spiro atoms. The molecule has 4 rings (SSSR count). The minimum Gasteiger partial charge on any atom is -0.443 e. The Labute approximate surface area is 189 Å². The van der Waals surface area contributed by atoms with Crippen molar-refractivity contribution in [1.82, 2.24) is 10.2 Å². The van der Waals surface area contributed by atoms with Crippen molar-refractivity contribution in [2.75, 3.05) is 0 Å². The lowest BCUT2D eigenvalue weighted by Gasteiger charge is -2.31. The fourth-order valence-electron chi connectivity index (χ4n) is 3.85. The van der Waals surface area contributed by atoms with Crippen LogP contribution in [0, 0.1) is 0 Å². The molecule has 3 aromatic rings. The summed E-state index contributed by atoms with van der Waals surface area (Å²) >= 11 is 0. The van der Waals surface area contributed by atoms with Gasteiger partial charge in [0.1, 0.15) is 11.6 Å². The van der Waals surface area contributed by atoms with E-state index in [2.05, 4.69) is 17.4 Å². The van der Waals surface area contributed by atoms with Crippen LogP contribution < -0.4 is 5.32 Å². The molecule has 5 nitrogen and oxygen atoms in total. The lowest BCUT2D eigenvalue weighted by atomic mass is 9.94. The van der Waals surface area contributed by atoms with E-state index in [1.807, 2.05) is 99.6 Å². The number of hydrogen-bond acceptors (Lipinski definition) is 4. The molecule has 1 aliphatic rings. The molecule has 0 saturated heterocycles. The zero-order valence-electron chi connectivity index (χ0n) is 18.7. The summed E-state index contributed by atoms with van der Waals surface area (Å²) in [4.78, 5) is 20.1. The zero-order valence-corrected chi connectivity index (χ0v) is 18.7. The Morgan fingerprint density at radius 3 is 1.97 bits per heavy atom. The second-order valence-electron chi connectivity index (χ2n) is 8.85. The molecule has 5 heteroatoms. The molecule has 0 aliphatic carbocycles. The largest absolute Gasteiger partial charge is 0.443 e. The van der Waals surface area contributed by atoms with E-state index in [0.717, 1.165) is 16.7 Å². The molecule has 0 fully saturated rings. The highest BCUT2D eigenvalue weighted by Gasteiger charge is 2.43. The van der Waals surface area contributed by atoms with Crippen molar-refractivity contribution in [3.63, 3.8) is 0 Å². The molecular weight excluding hydrogens is 398 g/mol. The van der Waals surface area contributed by atoms with Gasteiger partial charge in [0.2, 0.25) is 5.96 Å². The van der Waals surface area contributed by atoms with Crippen LogP contribution in [0.2, 0.25) is 0 Å². The summed E-state index contributed by atoms with van der Waals surface area (Å²) in [6, 6.07) is 29.6. The number of nitrogens with zero attached hydrogens (tertiary/aromatic N) is 2. The maximum atomic E-state index is 13.4. The minimum atomic E-state index is -0.617. The Hall–Kier alpha value is -3.60. The van der Waals surface area contributed by atoms with Gasteiger partial charge in [-0.1, -0.05) is 91.0 Å². The fraction of sp³-hybridized carbons (Fsp3) is 0.259. The van der Waals surface area contributed by atoms with E-state index in [4.69, 9.17) is 9.73 Å². The zero-order chi connectivity index (χ0) is 22.6. The van der Waals surface area contributed by atoms with Crippen molar-refractivity contribution in [3.8, 4) is 0 Å². The van der Waals surface area contributed by atoms with Gasteiger partial charge in [0.25, 0.3) is 0 Å². The molecule has 2 atom stereocenters. The first-order valence-electron chi connectivity index (χ1n) is 10.9. The summed E-state index contributed by atoms with van der Waals surface area (Å²) in [6.45, 7) is 6.19. The van der Waals surface area contributed by atoms with Gasteiger partial charge >= 0.3 is 6.09 Å². The number of carbonyl (C=O) groups is 1. The Kier molecular flexibility index (Phi) is 6.26. The molecular formula is C27H29N3O2. The molecule has 1 amide bonds. The number of carbonyl (C=O) groups excluding carboxylic acids is 1. The molecule has 0 saturated carbocycles. The second kappa shape index (κ2) is 9.27. The summed E-state index contributed by atoms with van der Waals surface area (Å²) in [5.41, 5.74) is 2.55. The maximum Gasteiger partial charge on any atom is 0.417 e. The molecule has 1 heterocycles. The van der Waals surface area contributed by atoms with Crippen LogP contribution in [0.3, 0.4) is 0 Å². The van der Waals surface area contributed by atoms with Gasteiger partial charge in [0.15, 0.2) is 0 Å². The van der Waals surface area contributed by atoms with E-state index in [-0.39, 0.29) is 12.1 Å². The van der Waals surface area contributed by atoms with Crippen LogP contribution >= 0.6 is 0 Å². The lowest BCUT2D eigenvalue weighted by molar-refractivity contribution is 0.0310. The average Bonchev–Trinajstić information content (AvgIpc) is 3.18. The Bertz CT molecular complexity index is 1060. The van der Waals surface area contributed by atoms with Gasteiger partial charge in [-0.25, -0.2) is 14.7 Å². The molecule has 3 aromatic carbocycles. The highest BCUT2D eigenvalue weighted by molar-refractivity contribution is 5.96. The SMILES string of the molecule is CC(C)(C)OC(=O)N1C(NCc2ccccc2)=NC(c2ccccc2)C1c1ccccc1. The smallest absolute Gasteiger partial charge is 0.417 e. The molecule has 0 radical (unpaired) electrons. The first kappa shape index (κ1) is 21.6. The van der Waals surface area contributed by atoms with Crippen LogP contribution in [-0.2, 0) is 11.3 Å². The predicted octanol–water partition coefficient (Wildman–Crippen LogP) is 5.87. The van der Waals surface area contributed by atoms with Crippen molar-refractivity contribution < 1.29 is 9.53 Å². The molecule has 2 unspecified atom stereocenters. The van der Waals surface area contributed by atoms with Gasteiger partial charge in [-0.2, -0.15) is 0 Å². The third-order valence-corrected chi connectivity index (χ3v) is 5.23. The molecule has 0 aromatic heterocycles. The number of guanidine groups is 1. The van der Waals surface area contributed by atoms with Gasteiger partial charge in [-0.05, 0) is 37.5 Å². The molecule has 1 aliphatic heterocycles. The van der Waals surface area contributed by atoms with E-state index in [9.17, 15) is 4.79 Å². The van der Waals surface area contributed by atoms with Crippen molar-refractivity contribution in [1.29, 1.82) is 0 Å². The third-order valence-electron chi connectivity index (χ3n) is 5.23. The number of benzene rings is 3. The molecule has 1 N–H and O–H groups in total. The predicted molar refractivity (Wildman–Crippen MR) is 127 cm³/mol. The van der Waals surface area contributed by atoms with E-state index >= 15 is 0 Å². The van der Waals surface area contributed by atoms with Gasteiger partial charge < -0.3 is 10.1 Å². The van der Waals surface area contributed by atoms with Gasteiger partial charge in [0.05, 0.1) is 6.04 Å². The lowest BCUT2D eigenvalue weighted by Crippen LogP contribution is -2.46. The van der Waals surface area contributed by atoms with Crippen LogP contribution in [0.15, 0.2) is 96.0 Å². The van der Waals surface area contributed by atoms with Gasteiger partial charge in [0, 0.05) is 6.54 Å². The normalized spacial score (nSPS) is 18.2. The summed E-state index contributed by atoms with van der Waals surface area (Å²) < 4.78 is 5.81. The number of hydrogen-bond donors (Lipinski definition) is 1. The van der Waals surface area contributed by atoms with E-state index < -0.39 is 11.7 Å². The number of aliphatic imine (C=N–C) groups is 1. The summed E-state index contributed by atoms with van der Waals surface area (Å²) in [5.74, 6) is 0.519. The quantitative estimate of drug-likeness (QED) is 0.567. The number of nitrogens with one attached hydrogen (secondary N) is 1. The monoisotopic (exact) mass is 427 g/mol. The Morgan fingerprint density at radius 2 is 1.41 bits per heavy atom. The van der Waals surface area contributed by atoms with E-state index in [1.54, 1.807) is 4.90 Å². The van der Waals surface area contributed by atoms with Crippen molar-refractivity contribution in [2.45, 2.75) is 45.0 Å². The topological polar surface area (TPSA) is 53.9 Å². The summed E-state index contributed by atoms with van der Waals surface area (Å²) in [7, 11) is 0. The summed E-state index contributed by atoms with van der Waals surface area (Å²) in [6.07, 6.45) is -0.413. The second-order valence-corrected chi connectivity index (χ2v) is 8.85. The van der Waals surface area contributed by atoms with Crippen molar-refractivity contribution >= 4 is 12.1 Å². The first-order chi connectivity index (χ1) is 15.4. The number of ether oxygens (including phenoxy) is 1. The highest BCUT2D eigenvalue weighted by atomic mass is 16.6. The van der Waals surface area contributed by atoms with Crippen LogP contribution in [0.4, 0.5) is 4.79 Å². The molecule has 32 heavy (non-hydrogen) atoms. The number of amides is 1. The fourth-order valence-corrected chi connectivity index (χ4v) is 3.85. The minimum absolute atomic E-state index is 0.246. The summed E-state index contributed by atoms with van der Waals surface area (Å²) in [5, 5.41) is 3.39. The highest BCUT2D eigenvalue weighted by Crippen LogP contribution is 2.42. The van der Waals surface area contributed by atoms with Gasteiger partial charge in [-0.3, -0.25) is 0 Å². The van der Waals surface area contributed by atoms with Crippen LogP contribution in [0.25, 0.3) is 0 Å². The van der Waals surface area contributed by atoms with Gasteiger partial charge in [-0.15, -0.1) is 0 Å². The van der Waals surface area contributed by atoms with Crippen LogP contribution in [-0.4, -0.2) is 22.6 Å².